The number of hydrogen-bond acceptors (Lipinski definition) is 4. The predicted octanol–water partition coefficient (Wildman–Crippen LogP) is 4.31. The molecule has 4 rings (SSSR count). The molecule has 2 unspecified atom stereocenters. The van der Waals surface area contributed by atoms with Crippen molar-refractivity contribution in [3.05, 3.63) is 89.3 Å². The molecule has 0 spiro atoms. The first-order chi connectivity index (χ1) is 14.9. The first-order valence-corrected chi connectivity index (χ1v) is 10.3. The van der Waals surface area contributed by atoms with Gasteiger partial charge < -0.3 is 10.5 Å². The molecule has 0 radical (unpaired) electrons. The Kier molecular flexibility index (Phi) is 5.63. The van der Waals surface area contributed by atoms with E-state index in [0.717, 1.165) is 11.1 Å². The summed E-state index contributed by atoms with van der Waals surface area (Å²) in [5.74, 6) is 0.143. The summed E-state index contributed by atoms with van der Waals surface area (Å²) in [6.45, 7) is 2.27. The maximum atomic E-state index is 15.0. The molecule has 0 bridgehead atoms. The van der Waals surface area contributed by atoms with Crippen molar-refractivity contribution in [2.24, 2.45) is 10.7 Å². The van der Waals surface area contributed by atoms with Crippen LogP contribution in [0.25, 0.3) is 0 Å². The van der Waals surface area contributed by atoms with Crippen LogP contribution >= 0.6 is 0 Å². The summed E-state index contributed by atoms with van der Waals surface area (Å²) in [4.78, 5) is 18.2. The van der Waals surface area contributed by atoms with Crippen molar-refractivity contribution in [2.75, 3.05) is 7.05 Å². The number of halogens is 1. The summed E-state index contributed by atoms with van der Waals surface area (Å²) < 4.78 is 20.7. The SMILES string of the molecule is CN1C(=O)CC(C)(C2=CC(c3ccc(OCc4ccccc4)cc3F)CC=C2)N=C1N. The molecule has 1 aliphatic carbocycles. The summed E-state index contributed by atoms with van der Waals surface area (Å²) in [5.41, 5.74) is 7.68. The lowest BCUT2D eigenvalue weighted by atomic mass is 9.80. The molecule has 0 aromatic heterocycles. The van der Waals surface area contributed by atoms with Crippen LogP contribution in [-0.4, -0.2) is 29.4 Å². The van der Waals surface area contributed by atoms with E-state index in [0.29, 0.717) is 24.3 Å². The third kappa shape index (κ3) is 4.38. The number of hydrogen-bond donors (Lipinski definition) is 1. The zero-order valence-corrected chi connectivity index (χ0v) is 17.7. The second-order valence-electron chi connectivity index (χ2n) is 8.20. The summed E-state index contributed by atoms with van der Waals surface area (Å²) in [5, 5.41) is 0. The molecule has 1 aliphatic heterocycles. The number of benzene rings is 2. The number of guanidine groups is 1. The average Bonchev–Trinajstić information content (AvgIpc) is 2.77. The van der Waals surface area contributed by atoms with E-state index in [4.69, 9.17) is 10.5 Å². The van der Waals surface area contributed by atoms with Gasteiger partial charge >= 0.3 is 0 Å². The van der Waals surface area contributed by atoms with Gasteiger partial charge in [0, 0.05) is 19.0 Å². The molecule has 0 fully saturated rings. The number of ether oxygens (including phenoxy) is 1. The lowest BCUT2D eigenvalue weighted by molar-refractivity contribution is -0.128. The monoisotopic (exact) mass is 419 g/mol. The maximum absolute atomic E-state index is 15.0. The van der Waals surface area contributed by atoms with Gasteiger partial charge in [0.2, 0.25) is 5.91 Å². The quantitative estimate of drug-likeness (QED) is 0.785. The number of nitrogens with two attached hydrogens (primary N) is 1. The second-order valence-corrected chi connectivity index (χ2v) is 8.20. The van der Waals surface area contributed by atoms with Crippen molar-refractivity contribution in [1.29, 1.82) is 0 Å². The van der Waals surface area contributed by atoms with Crippen molar-refractivity contribution in [2.45, 2.75) is 37.8 Å². The van der Waals surface area contributed by atoms with Gasteiger partial charge in [-0.3, -0.25) is 9.69 Å². The van der Waals surface area contributed by atoms with Crippen LogP contribution in [0.2, 0.25) is 0 Å². The largest absolute Gasteiger partial charge is 0.489 e. The van der Waals surface area contributed by atoms with E-state index in [-0.39, 0.29) is 30.0 Å². The Morgan fingerprint density at radius 2 is 2.03 bits per heavy atom. The molecule has 160 valence electrons. The van der Waals surface area contributed by atoms with E-state index in [1.54, 1.807) is 19.2 Å². The second kappa shape index (κ2) is 8.38. The Balaban J connectivity index is 1.54. The van der Waals surface area contributed by atoms with Gasteiger partial charge in [0.15, 0.2) is 5.96 Å². The van der Waals surface area contributed by atoms with Crippen molar-refractivity contribution in [1.82, 2.24) is 4.90 Å². The van der Waals surface area contributed by atoms with Crippen LogP contribution in [0.15, 0.2) is 77.3 Å². The van der Waals surface area contributed by atoms with Crippen LogP contribution in [0.1, 0.15) is 36.8 Å². The molecule has 1 heterocycles. The number of amides is 1. The topological polar surface area (TPSA) is 67.9 Å². The fourth-order valence-electron chi connectivity index (χ4n) is 3.97. The average molecular weight is 420 g/mol. The number of carbonyl (C=O) groups excluding carboxylic acids is 1. The van der Waals surface area contributed by atoms with Gasteiger partial charge in [0.1, 0.15) is 18.2 Å². The third-order valence-electron chi connectivity index (χ3n) is 5.88. The minimum atomic E-state index is -0.752. The van der Waals surface area contributed by atoms with E-state index in [9.17, 15) is 9.18 Å². The van der Waals surface area contributed by atoms with E-state index in [1.807, 2.05) is 55.5 Å². The van der Waals surface area contributed by atoms with E-state index >= 15 is 0 Å². The maximum Gasteiger partial charge on any atom is 0.231 e. The van der Waals surface area contributed by atoms with Crippen LogP contribution in [0, 0.1) is 5.82 Å². The van der Waals surface area contributed by atoms with Crippen molar-refractivity contribution < 1.29 is 13.9 Å². The molecule has 2 N–H and O–H groups in total. The highest BCUT2D eigenvalue weighted by Crippen LogP contribution is 2.38. The molecule has 31 heavy (non-hydrogen) atoms. The summed E-state index contributed by atoms with van der Waals surface area (Å²) in [6.07, 6.45) is 6.86. The summed E-state index contributed by atoms with van der Waals surface area (Å²) in [6, 6.07) is 14.8. The molecule has 2 aromatic rings. The predicted molar refractivity (Wildman–Crippen MR) is 119 cm³/mol. The number of aliphatic imine (C=N–C) groups is 1. The van der Waals surface area contributed by atoms with Gasteiger partial charge in [-0.15, -0.1) is 0 Å². The first kappa shape index (κ1) is 20.8. The standard InChI is InChI=1S/C25H26FN3O2/c1-25(15-23(30)29(2)24(27)28-25)19-10-6-9-18(13-19)21-12-11-20(14-22(21)26)31-16-17-7-4-3-5-8-17/h3-8,10-14,18H,9,15-16H2,1-2H3,(H2,27,28). The van der Waals surface area contributed by atoms with Gasteiger partial charge in [-0.2, -0.15) is 0 Å². The Labute approximate surface area is 181 Å². The molecule has 2 aromatic carbocycles. The fraction of sp³-hybridized carbons (Fsp3) is 0.280. The van der Waals surface area contributed by atoms with Gasteiger partial charge in [0.05, 0.1) is 12.0 Å². The molecule has 0 saturated heterocycles. The normalized spacial score (nSPS) is 23.4. The van der Waals surface area contributed by atoms with Gasteiger partial charge in [-0.1, -0.05) is 54.6 Å². The van der Waals surface area contributed by atoms with Gasteiger partial charge in [-0.25, -0.2) is 9.38 Å². The molecular formula is C25H26FN3O2. The van der Waals surface area contributed by atoms with Crippen LogP contribution in [0.3, 0.4) is 0 Å². The number of nitrogens with zero attached hydrogens (tertiary/aromatic N) is 2. The number of rotatable bonds is 5. The Morgan fingerprint density at radius 3 is 2.74 bits per heavy atom. The fourth-order valence-corrected chi connectivity index (χ4v) is 3.97. The summed E-state index contributed by atoms with van der Waals surface area (Å²) >= 11 is 0. The summed E-state index contributed by atoms with van der Waals surface area (Å²) in [7, 11) is 1.62. The van der Waals surface area contributed by atoms with Crippen LogP contribution in [0.5, 0.6) is 5.75 Å². The zero-order chi connectivity index (χ0) is 22.0. The van der Waals surface area contributed by atoms with Crippen LogP contribution < -0.4 is 10.5 Å². The van der Waals surface area contributed by atoms with E-state index in [1.165, 1.54) is 11.0 Å². The van der Waals surface area contributed by atoms with Crippen LogP contribution in [-0.2, 0) is 11.4 Å². The minimum absolute atomic E-state index is 0.0856. The number of carbonyl (C=O) groups is 1. The lowest BCUT2D eigenvalue weighted by Crippen LogP contribution is -2.49. The van der Waals surface area contributed by atoms with Gasteiger partial charge in [-0.05, 0) is 36.1 Å². The molecular weight excluding hydrogens is 393 g/mol. The molecule has 1 amide bonds. The van der Waals surface area contributed by atoms with Crippen molar-refractivity contribution >= 4 is 11.9 Å². The lowest BCUT2D eigenvalue weighted by Gasteiger charge is -2.35. The molecule has 2 atom stereocenters. The Bertz CT molecular complexity index is 1080. The smallest absolute Gasteiger partial charge is 0.231 e. The molecule has 5 nitrogen and oxygen atoms in total. The number of allylic oxidation sites excluding steroid dienone is 2. The van der Waals surface area contributed by atoms with E-state index < -0.39 is 5.54 Å². The highest BCUT2D eigenvalue weighted by atomic mass is 19.1. The highest BCUT2D eigenvalue weighted by molar-refractivity contribution is 5.99. The Morgan fingerprint density at radius 1 is 1.26 bits per heavy atom. The molecule has 2 aliphatic rings. The minimum Gasteiger partial charge on any atom is -0.489 e. The highest BCUT2D eigenvalue weighted by Gasteiger charge is 2.37. The Hall–Kier alpha value is -3.41. The molecule has 6 heteroatoms. The van der Waals surface area contributed by atoms with Crippen molar-refractivity contribution in [3.8, 4) is 5.75 Å². The van der Waals surface area contributed by atoms with Crippen molar-refractivity contribution in [3.63, 3.8) is 0 Å². The third-order valence-corrected chi connectivity index (χ3v) is 5.88. The van der Waals surface area contributed by atoms with Crippen LogP contribution in [0.4, 0.5) is 4.39 Å². The zero-order valence-electron chi connectivity index (χ0n) is 17.7. The first-order valence-electron chi connectivity index (χ1n) is 10.3. The van der Waals surface area contributed by atoms with E-state index in [2.05, 4.69) is 4.99 Å². The van der Waals surface area contributed by atoms with Gasteiger partial charge in [0.25, 0.3) is 0 Å². The molecule has 0 saturated carbocycles.